The molecule has 3 amide bonds. The first-order chi connectivity index (χ1) is 18.4. The predicted octanol–water partition coefficient (Wildman–Crippen LogP) is 7.51. The van der Waals surface area contributed by atoms with Gasteiger partial charge in [-0.2, -0.15) is 0 Å². The molecule has 2 N–H and O–H groups in total. The van der Waals surface area contributed by atoms with Gasteiger partial charge in [0, 0.05) is 5.54 Å². The van der Waals surface area contributed by atoms with Crippen molar-refractivity contribution < 1.29 is 19.1 Å². The van der Waals surface area contributed by atoms with E-state index >= 15 is 0 Å². The summed E-state index contributed by atoms with van der Waals surface area (Å²) in [7, 11) is 0. The summed E-state index contributed by atoms with van der Waals surface area (Å²) in [6.45, 7) is 20.6. The molecule has 2 aromatic carbocycles. The molecular weight excluding hydrogens is 526 g/mol. The lowest BCUT2D eigenvalue weighted by Gasteiger charge is -2.45. The van der Waals surface area contributed by atoms with Crippen molar-refractivity contribution in [3.63, 3.8) is 0 Å². The van der Waals surface area contributed by atoms with Crippen LogP contribution in [0, 0.1) is 26.7 Å². The zero-order valence-electron chi connectivity index (χ0n) is 25.9. The number of para-hydroxylation sites is 1. The van der Waals surface area contributed by atoms with Gasteiger partial charge in [0.25, 0.3) is 5.91 Å². The Hall–Kier alpha value is -3.06. The van der Waals surface area contributed by atoms with Gasteiger partial charge in [-0.1, -0.05) is 62.7 Å². The van der Waals surface area contributed by atoms with E-state index in [4.69, 9.17) is 16.3 Å². The lowest BCUT2D eigenvalue weighted by molar-refractivity contribution is -0.148. The summed E-state index contributed by atoms with van der Waals surface area (Å²) in [4.78, 5) is 43.4. The maximum Gasteiger partial charge on any atom is 0.408 e. The van der Waals surface area contributed by atoms with Crippen molar-refractivity contribution in [2.75, 3.05) is 5.32 Å². The second-order valence-corrected chi connectivity index (χ2v) is 12.8. The Kier molecular flexibility index (Phi) is 10.8. The van der Waals surface area contributed by atoms with Crippen molar-refractivity contribution in [1.82, 2.24) is 10.2 Å². The number of halogens is 1. The number of nitrogens with one attached hydrogen (secondary N) is 2. The first-order valence-corrected chi connectivity index (χ1v) is 14.2. The van der Waals surface area contributed by atoms with Crippen LogP contribution in [0.4, 0.5) is 10.5 Å². The minimum atomic E-state index is -0.999. The number of ether oxygens (including phenoxy) is 1. The summed E-state index contributed by atoms with van der Waals surface area (Å²) in [5, 5.41) is 6.22. The minimum Gasteiger partial charge on any atom is -0.444 e. The summed E-state index contributed by atoms with van der Waals surface area (Å²) in [5.41, 5.74) is 2.30. The standard InChI is InChI=1S/C32H46ClN3O4/c1-12-32(10,11)36(29(38)25(19(2)3)35-30(39)40-31(7,8)9)27(24-20(4)15-13-16-21(24)5)28(37)34-26-22(6)17-14-18-23(26)33/h13-19,25,27H,12H2,1-11H3,(H,34,37)(H,35,39). The molecule has 8 heteroatoms. The summed E-state index contributed by atoms with van der Waals surface area (Å²) >= 11 is 6.49. The van der Waals surface area contributed by atoms with E-state index in [2.05, 4.69) is 10.6 Å². The van der Waals surface area contributed by atoms with Gasteiger partial charge in [0.15, 0.2) is 0 Å². The summed E-state index contributed by atoms with van der Waals surface area (Å²) in [6, 6.07) is 9.28. The second-order valence-electron chi connectivity index (χ2n) is 12.4. The van der Waals surface area contributed by atoms with E-state index in [1.807, 2.05) is 85.7 Å². The van der Waals surface area contributed by atoms with Crippen LogP contribution < -0.4 is 10.6 Å². The Morgan fingerprint density at radius 1 is 0.925 bits per heavy atom. The molecule has 0 aliphatic carbocycles. The van der Waals surface area contributed by atoms with Crippen molar-refractivity contribution in [3.8, 4) is 0 Å². The van der Waals surface area contributed by atoms with Crippen LogP contribution in [0.5, 0.6) is 0 Å². The van der Waals surface area contributed by atoms with Crippen LogP contribution in [-0.2, 0) is 14.3 Å². The van der Waals surface area contributed by atoms with Gasteiger partial charge in [-0.25, -0.2) is 4.79 Å². The molecule has 0 saturated heterocycles. The fourth-order valence-corrected chi connectivity index (χ4v) is 4.93. The molecule has 0 heterocycles. The number of benzene rings is 2. The molecule has 0 aliphatic heterocycles. The predicted molar refractivity (Wildman–Crippen MR) is 163 cm³/mol. The third-order valence-electron chi connectivity index (χ3n) is 7.15. The van der Waals surface area contributed by atoms with Crippen molar-refractivity contribution in [3.05, 3.63) is 63.7 Å². The molecule has 0 aromatic heterocycles. The summed E-state index contributed by atoms with van der Waals surface area (Å²) in [6.07, 6.45) is -0.121. The highest BCUT2D eigenvalue weighted by Gasteiger charge is 2.44. The van der Waals surface area contributed by atoms with Crippen molar-refractivity contribution in [2.24, 2.45) is 5.92 Å². The molecule has 2 unspecified atom stereocenters. The number of hydrogen-bond donors (Lipinski definition) is 2. The average Bonchev–Trinajstić information content (AvgIpc) is 2.82. The maximum absolute atomic E-state index is 14.6. The smallest absolute Gasteiger partial charge is 0.408 e. The number of carbonyl (C=O) groups excluding carboxylic acids is 3. The van der Waals surface area contributed by atoms with Crippen LogP contribution in [0.1, 0.15) is 90.1 Å². The van der Waals surface area contributed by atoms with E-state index in [0.717, 1.165) is 22.3 Å². The van der Waals surface area contributed by atoms with E-state index in [9.17, 15) is 14.4 Å². The van der Waals surface area contributed by atoms with Crippen molar-refractivity contribution in [2.45, 2.75) is 106 Å². The van der Waals surface area contributed by atoms with E-state index in [1.54, 1.807) is 31.7 Å². The normalized spacial score (nSPS) is 13.4. The third kappa shape index (κ3) is 8.00. The number of nitrogens with zero attached hydrogens (tertiary/aromatic N) is 1. The number of alkyl carbamates (subject to hydrolysis) is 1. The van der Waals surface area contributed by atoms with Gasteiger partial charge in [-0.15, -0.1) is 0 Å². The largest absolute Gasteiger partial charge is 0.444 e. The fraction of sp³-hybridized carbons (Fsp3) is 0.531. The lowest BCUT2D eigenvalue weighted by atomic mass is 9.87. The number of amides is 3. The molecule has 7 nitrogen and oxygen atoms in total. The van der Waals surface area contributed by atoms with Crippen LogP contribution in [0.25, 0.3) is 0 Å². The van der Waals surface area contributed by atoms with Crippen LogP contribution in [0.3, 0.4) is 0 Å². The first kappa shape index (κ1) is 33.1. The molecule has 2 aromatic rings. The molecule has 0 spiro atoms. The summed E-state index contributed by atoms with van der Waals surface area (Å²) < 4.78 is 5.48. The Balaban J connectivity index is 2.75. The van der Waals surface area contributed by atoms with E-state index in [1.165, 1.54) is 0 Å². The Labute approximate surface area is 245 Å². The SMILES string of the molecule is CCC(C)(C)N(C(=O)C(NC(=O)OC(C)(C)C)C(C)C)C(C(=O)Nc1c(C)cccc1Cl)c1c(C)cccc1C. The monoisotopic (exact) mass is 571 g/mol. The van der Waals surface area contributed by atoms with Crippen LogP contribution in [0.2, 0.25) is 5.02 Å². The first-order valence-electron chi connectivity index (χ1n) is 13.9. The number of hydrogen-bond acceptors (Lipinski definition) is 4. The van der Waals surface area contributed by atoms with E-state index < -0.39 is 29.3 Å². The van der Waals surface area contributed by atoms with Gasteiger partial charge < -0.3 is 20.3 Å². The molecule has 0 bridgehead atoms. The minimum absolute atomic E-state index is 0.275. The maximum atomic E-state index is 14.6. The van der Waals surface area contributed by atoms with Gasteiger partial charge in [-0.3, -0.25) is 9.59 Å². The molecule has 0 fully saturated rings. The molecule has 220 valence electrons. The highest BCUT2D eigenvalue weighted by Crippen LogP contribution is 2.37. The van der Waals surface area contributed by atoms with Crippen LogP contribution >= 0.6 is 11.6 Å². The second kappa shape index (κ2) is 13.1. The molecule has 0 saturated carbocycles. The van der Waals surface area contributed by atoms with E-state index in [-0.39, 0.29) is 17.7 Å². The Morgan fingerprint density at radius 2 is 1.45 bits per heavy atom. The number of aryl methyl sites for hydroxylation is 3. The molecular formula is C32H46ClN3O4. The molecule has 0 radical (unpaired) electrons. The van der Waals surface area contributed by atoms with Crippen molar-refractivity contribution in [1.29, 1.82) is 0 Å². The zero-order chi connectivity index (χ0) is 30.6. The fourth-order valence-electron chi connectivity index (χ4n) is 4.66. The molecule has 40 heavy (non-hydrogen) atoms. The van der Waals surface area contributed by atoms with Gasteiger partial charge in [0.2, 0.25) is 5.91 Å². The van der Waals surface area contributed by atoms with Gasteiger partial charge in [0.05, 0.1) is 10.7 Å². The zero-order valence-corrected chi connectivity index (χ0v) is 26.6. The third-order valence-corrected chi connectivity index (χ3v) is 7.47. The topological polar surface area (TPSA) is 87.7 Å². The molecule has 0 aliphatic rings. The van der Waals surface area contributed by atoms with Gasteiger partial charge in [-0.05, 0) is 96.0 Å². The quantitative estimate of drug-likeness (QED) is 0.326. The highest BCUT2D eigenvalue weighted by atomic mass is 35.5. The molecule has 2 rings (SSSR count). The lowest BCUT2D eigenvalue weighted by Crippen LogP contribution is -2.60. The van der Waals surface area contributed by atoms with Crippen LogP contribution in [-0.4, -0.2) is 40.0 Å². The summed E-state index contributed by atoms with van der Waals surface area (Å²) in [5.74, 6) is -1.03. The van der Waals surface area contributed by atoms with Crippen LogP contribution in [0.15, 0.2) is 36.4 Å². The number of carbonyl (C=O) groups is 3. The Morgan fingerprint density at radius 3 is 1.93 bits per heavy atom. The van der Waals surface area contributed by atoms with E-state index in [0.29, 0.717) is 17.1 Å². The highest BCUT2D eigenvalue weighted by molar-refractivity contribution is 6.34. The Bertz CT molecular complexity index is 1190. The van der Waals surface area contributed by atoms with Gasteiger partial charge in [0.1, 0.15) is 17.7 Å². The average molecular weight is 572 g/mol. The van der Waals surface area contributed by atoms with Crippen molar-refractivity contribution >= 4 is 35.2 Å². The number of rotatable bonds is 9. The van der Waals surface area contributed by atoms with Gasteiger partial charge >= 0.3 is 6.09 Å². The number of anilines is 1. The molecule has 2 atom stereocenters.